The van der Waals surface area contributed by atoms with Gasteiger partial charge in [0, 0.05) is 10.6 Å². The Kier molecular flexibility index (Phi) is 4.86. The molecule has 0 amide bonds. The van der Waals surface area contributed by atoms with Gasteiger partial charge in [-0.2, -0.15) is 0 Å². The molecule has 7 heteroatoms. The maximum Gasteiger partial charge on any atom is 0.261 e. The van der Waals surface area contributed by atoms with Crippen molar-refractivity contribution in [1.29, 1.82) is 0 Å². The van der Waals surface area contributed by atoms with Gasteiger partial charge in [-0.15, -0.1) is 11.8 Å². The van der Waals surface area contributed by atoms with Crippen molar-refractivity contribution in [3.8, 4) is 0 Å². The quantitative estimate of drug-likeness (QED) is 0.827. The molecule has 0 aromatic heterocycles. The Bertz CT molecular complexity index is 733. The molecule has 2 rings (SSSR count). The zero-order chi connectivity index (χ0) is 14.8. The topological polar surface area (TPSA) is 46.2 Å². The van der Waals surface area contributed by atoms with Crippen LogP contribution in [0.1, 0.15) is 0 Å². The van der Waals surface area contributed by atoms with Crippen LogP contribution in [0.2, 0.25) is 10.0 Å². The highest BCUT2D eigenvalue weighted by atomic mass is 35.5. The molecule has 0 aliphatic rings. The number of anilines is 1. The van der Waals surface area contributed by atoms with Crippen LogP contribution in [0, 0.1) is 0 Å². The number of hydrogen-bond acceptors (Lipinski definition) is 3. The summed E-state index contributed by atoms with van der Waals surface area (Å²) >= 11 is 13.2. The van der Waals surface area contributed by atoms with E-state index in [1.54, 1.807) is 18.2 Å². The Balaban J connectivity index is 2.32. The van der Waals surface area contributed by atoms with Gasteiger partial charge in [-0.25, -0.2) is 8.42 Å². The Labute approximate surface area is 132 Å². The van der Waals surface area contributed by atoms with Crippen LogP contribution >= 0.6 is 35.0 Å². The Hall–Kier alpha value is -0.880. The van der Waals surface area contributed by atoms with Crippen LogP contribution in [-0.4, -0.2) is 14.7 Å². The van der Waals surface area contributed by atoms with E-state index in [1.165, 1.54) is 30.0 Å². The van der Waals surface area contributed by atoms with Crippen LogP contribution in [-0.2, 0) is 10.0 Å². The van der Waals surface area contributed by atoms with E-state index >= 15 is 0 Å². The molecule has 0 spiro atoms. The Morgan fingerprint density at radius 2 is 1.80 bits per heavy atom. The molecule has 0 aliphatic carbocycles. The van der Waals surface area contributed by atoms with Crippen LogP contribution in [0.4, 0.5) is 5.69 Å². The van der Waals surface area contributed by atoms with Crippen molar-refractivity contribution in [3.63, 3.8) is 0 Å². The van der Waals surface area contributed by atoms with Crippen LogP contribution < -0.4 is 4.72 Å². The van der Waals surface area contributed by atoms with Crippen molar-refractivity contribution in [2.24, 2.45) is 0 Å². The van der Waals surface area contributed by atoms with Gasteiger partial charge in [0.2, 0.25) is 0 Å². The molecular weight excluding hydrogens is 337 g/mol. The summed E-state index contributed by atoms with van der Waals surface area (Å²) in [5.41, 5.74) is 0.503. The summed E-state index contributed by atoms with van der Waals surface area (Å²) in [5, 5.41) is 0.516. The summed E-state index contributed by atoms with van der Waals surface area (Å²) in [4.78, 5) is 1.04. The lowest BCUT2D eigenvalue weighted by Crippen LogP contribution is -2.12. The van der Waals surface area contributed by atoms with E-state index in [0.717, 1.165) is 4.90 Å². The minimum Gasteiger partial charge on any atom is -0.280 e. The van der Waals surface area contributed by atoms with Gasteiger partial charge in [0.25, 0.3) is 10.0 Å². The lowest BCUT2D eigenvalue weighted by molar-refractivity contribution is 0.601. The van der Waals surface area contributed by atoms with Gasteiger partial charge in [-0.05, 0) is 42.7 Å². The second-order valence-corrected chi connectivity index (χ2v) is 7.29. The number of benzene rings is 2. The average Bonchev–Trinajstić information content (AvgIpc) is 2.41. The van der Waals surface area contributed by atoms with Crippen LogP contribution in [0.3, 0.4) is 0 Å². The number of nitrogens with one attached hydrogen (secondary N) is 1. The van der Waals surface area contributed by atoms with Gasteiger partial charge in [-0.1, -0.05) is 29.3 Å². The molecule has 0 saturated carbocycles. The normalized spacial score (nSPS) is 11.3. The summed E-state index contributed by atoms with van der Waals surface area (Å²) in [6.07, 6.45) is 1.92. The van der Waals surface area contributed by atoms with Gasteiger partial charge >= 0.3 is 0 Å². The zero-order valence-electron chi connectivity index (χ0n) is 10.4. The lowest BCUT2D eigenvalue weighted by atomic mass is 10.3. The first kappa shape index (κ1) is 15.5. The highest BCUT2D eigenvalue weighted by Gasteiger charge is 2.15. The summed E-state index contributed by atoms with van der Waals surface area (Å²) in [6, 6.07) is 11.3. The minimum atomic E-state index is -3.68. The standard InChI is InChI=1S/C13H11Cl2NO2S2/c1-19-10-4-2-3-9(7-10)16-20(17,18)11-5-6-12(14)13(15)8-11/h2-8,16H,1H3. The highest BCUT2D eigenvalue weighted by Crippen LogP contribution is 2.26. The molecule has 106 valence electrons. The summed E-state index contributed by atoms with van der Waals surface area (Å²) in [6.45, 7) is 0. The van der Waals surface area contributed by atoms with E-state index in [1.807, 2.05) is 12.3 Å². The first-order valence-corrected chi connectivity index (χ1v) is 9.01. The number of sulfonamides is 1. The molecule has 0 bridgehead atoms. The lowest BCUT2D eigenvalue weighted by Gasteiger charge is -2.09. The zero-order valence-corrected chi connectivity index (χ0v) is 13.6. The van der Waals surface area contributed by atoms with Gasteiger partial charge in [-0.3, -0.25) is 4.72 Å². The minimum absolute atomic E-state index is 0.0708. The monoisotopic (exact) mass is 347 g/mol. The molecule has 3 nitrogen and oxygen atoms in total. The van der Waals surface area contributed by atoms with Crippen LogP contribution in [0.25, 0.3) is 0 Å². The van der Waals surface area contributed by atoms with Gasteiger partial charge in [0.1, 0.15) is 0 Å². The maximum absolute atomic E-state index is 12.2. The third-order valence-electron chi connectivity index (χ3n) is 2.52. The smallest absolute Gasteiger partial charge is 0.261 e. The second-order valence-electron chi connectivity index (χ2n) is 3.91. The number of halogens is 2. The fraction of sp³-hybridized carbons (Fsp3) is 0.0769. The van der Waals surface area contributed by atoms with Crippen molar-refractivity contribution in [2.45, 2.75) is 9.79 Å². The van der Waals surface area contributed by atoms with Crippen LogP contribution in [0.15, 0.2) is 52.3 Å². The van der Waals surface area contributed by atoms with Crippen molar-refractivity contribution in [3.05, 3.63) is 52.5 Å². The van der Waals surface area contributed by atoms with E-state index < -0.39 is 10.0 Å². The fourth-order valence-corrected chi connectivity index (χ4v) is 3.44. The predicted molar refractivity (Wildman–Crippen MR) is 85.5 cm³/mol. The van der Waals surface area contributed by atoms with E-state index in [2.05, 4.69) is 4.72 Å². The van der Waals surface area contributed by atoms with Crippen LogP contribution in [0.5, 0.6) is 0 Å². The molecule has 20 heavy (non-hydrogen) atoms. The van der Waals surface area contributed by atoms with Gasteiger partial charge in [0.15, 0.2) is 0 Å². The van der Waals surface area contributed by atoms with Crippen molar-refractivity contribution < 1.29 is 8.42 Å². The molecule has 0 fully saturated rings. The maximum atomic E-state index is 12.2. The van der Waals surface area contributed by atoms with Crippen molar-refractivity contribution in [2.75, 3.05) is 11.0 Å². The summed E-state index contributed by atoms with van der Waals surface area (Å²) < 4.78 is 27.0. The second kappa shape index (κ2) is 6.26. The number of rotatable bonds is 4. The molecule has 2 aromatic rings. The predicted octanol–water partition coefficient (Wildman–Crippen LogP) is 4.52. The fourth-order valence-electron chi connectivity index (χ4n) is 1.54. The number of thioether (sulfide) groups is 1. The Morgan fingerprint density at radius 3 is 2.45 bits per heavy atom. The highest BCUT2D eigenvalue weighted by molar-refractivity contribution is 7.98. The molecule has 0 radical (unpaired) electrons. The summed E-state index contributed by atoms with van der Waals surface area (Å²) in [5.74, 6) is 0. The molecule has 2 aromatic carbocycles. The Morgan fingerprint density at radius 1 is 1.05 bits per heavy atom. The molecule has 0 heterocycles. The third kappa shape index (κ3) is 3.61. The molecule has 0 aliphatic heterocycles. The first-order chi connectivity index (χ1) is 9.42. The molecule has 0 saturated heterocycles. The molecule has 0 unspecified atom stereocenters. The van der Waals surface area contributed by atoms with E-state index in [4.69, 9.17) is 23.2 Å². The summed E-state index contributed by atoms with van der Waals surface area (Å²) in [7, 11) is -3.68. The van der Waals surface area contributed by atoms with Crippen molar-refractivity contribution in [1.82, 2.24) is 0 Å². The largest absolute Gasteiger partial charge is 0.280 e. The SMILES string of the molecule is CSc1cccc(NS(=O)(=O)c2ccc(Cl)c(Cl)c2)c1. The average molecular weight is 348 g/mol. The van der Waals surface area contributed by atoms with E-state index in [-0.39, 0.29) is 9.92 Å². The number of hydrogen-bond donors (Lipinski definition) is 1. The molecule has 0 atom stereocenters. The van der Waals surface area contributed by atoms with Crippen molar-refractivity contribution >= 4 is 50.7 Å². The van der Waals surface area contributed by atoms with Gasteiger partial charge < -0.3 is 0 Å². The molecule has 1 N–H and O–H groups in total. The van der Waals surface area contributed by atoms with E-state index in [0.29, 0.717) is 10.7 Å². The molecular formula is C13H11Cl2NO2S2. The third-order valence-corrected chi connectivity index (χ3v) is 5.37. The first-order valence-electron chi connectivity index (χ1n) is 5.54. The van der Waals surface area contributed by atoms with Gasteiger partial charge in [0.05, 0.1) is 14.9 Å². The van der Waals surface area contributed by atoms with E-state index in [9.17, 15) is 8.42 Å².